The van der Waals surface area contributed by atoms with Crippen molar-refractivity contribution in [1.29, 1.82) is 0 Å². The Labute approximate surface area is 179 Å². The van der Waals surface area contributed by atoms with Crippen LogP contribution < -0.4 is 5.32 Å². The molecule has 1 saturated heterocycles. The quantitative estimate of drug-likeness (QED) is 0.646. The van der Waals surface area contributed by atoms with E-state index in [-0.39, 0.29) is 29.7 Å². The number of H-pyrrole nitrogens is 1. The summed E-state index contributed by atoms with van der Waals surface area (Å²) in [6.07, 6.45) is 4.20. The SMILES string of the molecule is C[C@@H](NC(=O)[C@H]1C[C@@H]1c1nc2ccccc2[nH]1)c1ccc(C(=O)N2CCCCC2)s1. The zero-order valence-electron chi connectivity index (χ0n) is 17.1. The number of para-hydroxylation sites is 2. The lowest BCUT2D eigenvalue weighted by Crippen LogP contribution is -2.35. The van der Waals surface area contributed by atoms with Crippen LogP contribution in [0.3, 0.4) is 0 Å². The molecule has 2 aromatic heterocycles. The number of benzene rings is 1. The van der Waals surface area contributed by atoms with E-state index in [9.17, 15) is 9.59 Å². The van der Waals surface area contributed by atoms with Crippen molar-refractivity contribution in [3.63, 3.8) is 0 Å². The molecule has 1 saturated carbocycles. The molecule has 1 aromatic carbocycles. The highest BCUT2D eigenvalue weighted by Crippen LogP contribution is 2.47. The highest BCUT2D eigenvalue weighted by molar-refractivity contribution is 7.14. The number of aromatic amines is 1. The Morgan fingerprint density at radius 1 is 1.17 bits per heavy atom. The number of likely N-dealkylation sites (tertiary alicyclic amines) is 1. The molecule has 30 heavy (non-hydrogen) atoms. The second-order valence-corrected chi connectivity index (χ2v) is 9.49. The molecule has 0 unspecified atom stereocenters. The lowest BCUT2D eigenvalue weighted by Gasteiger charge is -2.26. The first-order valence-corrected chi connectivity index (χ1v) is 11.6. The van der Waals surface area contributed by atoms with Gasteiger partial charge in [0.1, 0.15) is 5.82 Å². The maximum Gasteiger partial charge on any atom is 0.263 e. The number of piperidine rings is 1. The number of hydrogen-bond acceptors (Lipinski definition) is 4. The third-order valence-corrected chi connectivity index (χ3v) is 7.41. The number of carbonyl (C=O) groups excluding carboxylic acids is 2. The van der Waals surface area contributed by atoms with Crippen LogP contribution in [0.4, 0.5) is 0 Å². The lowest BCUT2D eigenvalue weighted by atomic mass is 10.1. The standard InChI is InChI=1S/C23H26N4O2S/c1-14(19-9-10-20(30-19)23(29)27-11-5-2-6-12-27)24-22(28)16-13-15(16)21-25-17-7-3-4-8-18(17)26-21/h3-4,7-10,14-16H,2,5-6,11-13H2,1H3,(H,24,28)(H,25,26)/t14-,15+,16+/m1/s1. The summed E-state index contributed by atoms with van der Waals surface area (Å²) in [5, 5.41) is 3.13. The van der Waals surface area contributed by atoms with Gasteiger partial charge in [-0.15, -0.1) is 11.3 Å². The molecule has 2 aliphatic rings. The molecule has 2 fully saturated rings. The average molecular weight is 423 g/mol. The van der Waals surface area contributed by atoms with Crippen LogP contribution in [-0.4, -0.2) is 39.8 Å². The van der Waals surface area contributed by atoms with Crippen molar-refractivity contribution < 1.29 is 9.59 Å². The summed E-state index contributed by atoms with van der Waals surface area (Å²) in [5.41, 5.74) is 1.95. The molecule has 3 heterocycles. The summed E-state index contributed by atoms with van der Waals surface area (Å²) >= 11 is 1.49. The molecular weight excluding hydrogens is 396 g/mol. The first-order valence-electron chi connectivity index (χ1n) is 10.7. The van der Waals surface area contributed by atoms with Gasteiger partial charge in [-0.05, 0) is 56.9 Å². The number of imidazole rings is 1. The Morgan fingerprint density at radius 2 is 1.97 bits per heavy atom. The van der Waals surface area contributed by atoms with Crippen molar-refractivity contribution in [1.82, 2.24) is 20.2 Å². The monoisotopic (exact) mass is 422 g/mol. The van der Waals surface area contributed by atoms with Crippen molar-refractivity contribution in [3.8, 4) is 0 Å². The zero-order chi connectivity index (χ0) is 20.7. The molecule has 2 N–H and O–H groups in total. The predicted molar refractivity (Wildman–Crippen MR) is 118 cm³/mol. The number of amides is 2. The van der Waals surface area contributed by atoms with Crippen LogP contribution in [0.2, 0.25) is 0 Å². The molecule has 1 aliphatic carbocycles. The minimum atomic E-state index is -0.109. The topological polar surface area (TPSA) is 78.1 Å². The summed E-state index contributed by atoms with van der Waals surface area (Å²) in [5.74, 6) is 1.20. The summed E-state index contributed by atoms with van der Waals surface area (Å²) in [6, 6.07) is 11.7. The van der Waals surface area contributed by atoms with Gasteiger partial charge in [0.2, 0.25) is 5.91 Å². The van der Waals surface area contributed by atoms with Crippen LogP contribution in [0.15, 0.2) is 36.4 Å². The van der Waals surface area contributed by atoms with E-state index in [4.69, 9.17) is 0 Å². The van der Waals surface area contributed by atoms with E-state index in [0.29, 0.717) is 0 Å². The van der Waals surface area contributed by atoms with Gasteiger partial charge >= 0.3 is 0 Å². The summed E-state index contributed by atoms with van der Waals surface area (Å²) in [6.45, 7) is 3.68. The van der Waals surface area contributed by atoms with Gasteiger partial charge in [0.05, 0.1) is 22.0 Å². The molecule has 3 atom stereocenters. The fraction of sp³-hybridized carbons (Fsp3) is 0.435. The van der Waals surface area contributed by atoms with Gasteiger partial charge in [0.25, 0.3) is 5.91 Å². The number of nitrogens with one attached hydrogen (secondary N) is 2. The Hall–Kier alpha value is -2.67. The Morgan fingerprint density at radius 3 is 2.77 bits per heavy atom. The van der Waals surface area contributed by atoms with Crippen molar-refractivity contribution in [2.45, 2.75) is 44.6 Å². The van der Waals surface area contributed by atoms with E-state index in [2.05, 4.69) is 15.3 Å². The summed E-state index contributed by atoms with van der Waals surface area (Å²) < 4.78 is 0. The van der Waals surface area contributed by atoms with Crippen LogP contribution in [0, 0.1) is 5.92 Å². The minimum Gasteiger partial charge on any atom is -0.349 e. The summed E-state index contributed by atoms with van der Waals surface area (Å²) in [7, 11) is 0. The van der Waals surface area contributed by atoms with E-state index in [1.165, 1.54) is 17.8 Å². The van der Waals surface area contributed by atoms with Gasteiger partial charge in [0, 0.05) is 29.8 Å². The minimum absolute atomic E-state index is 0.0394. The molecule has 0 bridgehead atoms. The third kappa shape index (κ3) is 3.74. The fourth-order valence-electron chi connectivity index (χ4n) is 4.28. The third-order valence-electron chi connectivity index (χ3n) is 6.15. The van der Waals surface area contributed by atoms with Gasteiger partial charge < -0.3 is 15.2 Å². The van der Waals surface area contributed by atoms with Gasteiger partial charge in [0.15, 0.2) is 0 Å². The van der Waals surface area contributed by atoms with Crippen LogP contribution in [0.25, 0.3) is 11.0 Å². The first-order chi connectivity index (χ1) is 14.6. The van der Waals surface area contributed by atoms with Crippen LogP contribution >= 0.6 is 11.3 Å². The number of aromatic nitrogens is 2. The maximum absolute atomic E-state index is 12.8. The number of rotatable bonds is 5. The number of carbonyl (C=O) groups is 2. The highest BCUT2D eigenvalue weighted by Gasteiger charge is 2.46. The zero-order valence-corrected chi connectivity index (χ0v) is 17.9. The van der Waals surface area contributed by atoms with Crippen LogP contribution in [0.1, 0.15) is 64.9 Å². The normalized spacial score (nSPS) is 22.1. The summed E-state index contributed by atoms with van der Waals surface area (Å²) in [4.78, 5) is 37.2. The molecular formula is C23H26N4O2S. The molecule has 156 valence electrons. The van der Waals surface area contributed by atoms with E-state index in [1.54, 1.807) is 0 Å². The second kappa shape index (κ2) is 7.87. The predicted octanol–water partition coefficient (Wildman–Crippen LogP) is 4.23. The Balaban J connectivity index is 1.19. The number of hydrogen-bond donors (Lipinski definition) is 2. The van der Waals surface area contributed by atoms with Gasteiger partial charge in [-0.2, -0.15) is 0 Å². The molecule has 6 nitrogen and oxygen atoms in total. The van der Waals surface area contributed by atoms with Crippen LogP contribution in [0.5, 0.6) is 0 Å². The maximum atomic E-state index is 12.8. The highest BCUT2D eigenvalue weighted by atomic mass is 32.1. The van der Waals surface area contributed by atoms with Crippen LogP contribution in [-0.2, 0) is 4.79 Å². The number of fused-ring (bicyclic) bond motifs is 1. The fourth-order valence-corrected chi connectivity index (χ4v) is 5.26. The van der Waals surface area contributed by atoms with Gasteiger partial charge in [-0.1, -0.05) is 12.1 Å². The Bertz CT molecular complexity index is 1050. The molecule has 7 heteroatoms. The second-order valence-electron chi connectivity index (χ2n) is 8.37. The van der Waals surface area contributed by atoms with Crippen molar-refractivity contribution >= 4 is 34.2 Å². The smallest absolute Gasteiger partial charge is 0.263 e. The van der Waals surface area contributed by atoms with Crippen molar-refractivity contribution in [2.75, 3.05) is 13.1 Å². The molecule has 0 spiro atoms. The van der Waals surface area contributed by atoms with Crippen molar-refractivity contribution in [2.24, 2.45) is 5.92 Å². The van der Waals surface area contributed by atoms with Gasteiger partial charge in [-0.25, -0.2) is 4.98 Å². The number of nitrogens with zero attached hydrogens (tertiary/aromatic N) is 2. The largest absolute Gasteiger partial charge is 0.349 e. The van der Waals surface area contributed by atoms with E-state index < -0.39 is 0 Å². The Kier molecular flexibility index (Phi) is 5.06. The number of thiophene rings is 1. The average Bonchev–Trinajstić information content (AvgIpc) is 3.21. The first kappa shape index (κ1) is 19.3. The molecule has 0 radical (unpaired) electrons. The van der Waals surface area contributed by atoms with E-state index >= 15 is 0 Å². The van der Waals surface area contributed by atoms with Gasteiger partial charge in [-0.3, -0.25) is 9.59 Å². The van der Waals surface area contributed by atoms with E-state index in [0.717, 1.165) is 59.0 Å². The molecule has 2 amide bonds. The molecule has 1 aliphatic heterocycles. The van der Waals surface area contributed by atoms with Crippen molar-refractivity contribution in [3.05, 3.63) is 52.0 Å². The lowest BCUT2D eigenvalue weighted by molar-refractivity contribution is -0.123. The van der Waals surface area contributed by atoms with E-state index in [1.807, 2.05) is 48.2 Å². The molecule has 5 rings (SSSR count). The molecule has 3 aromatic rings.